The molecular weight excluding hydrogens is 178 g/mol. The molecule has 0 aromatic rings. The third-order valence-corrected chi connectivity index (χ3v) is 2.27. The van der Waals surface area contributed by atoms with Gasteiger partial charge in [-0.15, -0.1) is 0 Å². The summed E-state index contributed by atoms with van der Waals surface area (Å²) in [6.07, 6.45) is 3.79. The largest absolute Gasteiger partial charge is 0.462 e. The Morgan fingerprint density at radius 2 is 1.86 bits per heavy atom. The van der Waals surface area contributed by atoms with Crippen molar-refractivity contribution in [1.82, 2.24) is 0 Å². The molecule has 0 bridgehead atoms. The van der Waals surface area contributed by atoms with Gasteiger partial charge in [-0.25, -0.2) is 0 Å². The lowest BCUT2D eigenvalue weighted by Crippen LogP contribution is -2.28. The van der Waals surface area contributed by atoms with Gasteiger partial charge < -0.3 is 10.5 Å². The first kappa shape index (κ1) is 13.4. The molecule has 0 amide bonds. The zero-order valence-corrected chi connectivity index (χ0v) is 9.58. The second kappa shape index (κ2) is 7.80. The number of hydrogen-bond donors (Lipinski definition) is 1. The summed E-state index contributed by atoms with van der Waals surface area (Å²) in [5, 5.41) is 0. The maximum absolute atomic E-state index is 11.5. The standard InChI is InChI=1S/C11H23NO2/c1-4-6-9(3)14-11(13)10(8-12)7-5-2/h9-10H,4-8,12H2,1-3H3. The van der Waals surface area contributed by atoms with Crippen LogP contribution in [0.5, 0.6) is 0 Å². The predicted octanol–water partition coefficient (Wildman–Crippen LogP) is 2.09. The van der Waals surface area contributed by atoms with Crippen molar-refractivity contribution < 1.29 is 9.53 Å². The van der Waals surface area contributed by atoms with E-state index >= 15 is 0 Å². The molecule has 0 aromatic carbocycles. The summed E-state index contributed by atoms with van der Waals surface area (Å²) in [5.41, 5.74) is 5.51. The van der Waals surface area contributed by atoms with E-state index in [4.69, 9.17) is 10.5 Å². The Morgan fingerprint density at radius 1 is 1.29 bits per heavy atom. The Kier molecular flexibility index (Phi) is 7.48. The molecule has 0 aliphatic rings. The van der Waals surface area contributed by atoms with Gasteiger partial charge in [0.1, 0.15) is 0 Å². The van der Waals surface area contributed by atoms with Crippen molar-refractivity contribution in [1.29, 1.82) is 0 Å². The summed E-state index contributed by atoms with van der Waals surface area (Å²) in [7, 11) is 0. The summed E-state index contributed by atoms with van der Waals surface area (Å²) in [4.78, 5) is 11.5. The van der Waals surface area contributed by atoms with Crippen molar-refractivity contribution in [2.45, 2.75) is 52.6 Å². The van der Waals surface area contributed by atoms with E-state index in [1.54, 1.807) is 0 Å². The van der Waals surface area contributed by atoms with Crippen molar-refractivity contribution in [3.8, 4) is 0 Å². The Labute approximate surface area is 87.0 Å². The summed E-state index contributed by atoms with van der Waals surface area (Å²) < 4.78 is 5.28. The highest BCUT2D eigenvalue weighted by molar-refractivity contribution is 5.72. The first-order chi connectivity index (χ1) is 6.65. The quantitative estimate of drug-likeness (QED) is 0.642. The first-order valence-electron chi connectivity index (χ1n) is 5.56. The highest BCUT2D eigenvalue weighted by Gasteiger charge is 2.19. The van der Waals surface area contributed by atoms with Gasteiger partial charge in [0, 0.05) is 6.54 Å². The van der Waals surface area contributed by atoms with Crippen molar-refractivity contribution in [3.05, 3.63) is 0 Å². The van der Waals surface area contributed by atoms with Gasteiger partial charge in [0.2, 0.25) is 0 Å². The van der Waals surface area contributed by atoms with Crippen LogP contribution in [0, 0.1) is 5.92 Å². The van der Waals surface area contributed by atoms with E-state index in [9.17, 15) is 4.79 Å². The van der Waals surface area contributed by atoms with E-state index < -0.39 is 0 Å². The zero-order valence-electron chi connectivity index (χ0n) is 9.58. The number of carbonyl (C=O) groups is 1. The van der Waals surface area contributed by atoms with Crippen LogP contribution in [0.2, 0.25) is 0 Å². The van der Waals surface area contributed by atoms with Crippen LogP contribution in [0.15, 0.2) is 0 Å². The number of rotatable bonds is 7. The second-order valence-electron chi connectivity index (χ2n) is 3.76. The number of carbonyl (C=O) groups excluding carboxylic acids is 1. The summed E-state index contributed by atoms with van der Waals surface area (Å²) in [5.74, 6) is -0.241. The number of hydrogen-bond acceptors (Lipinski definition) is 3. The molecule has 84 valence electrons. The topological polar surface area (TPSA) is 52.3 Å². The van der Waals surface area contributed by atoms with Crippen LogP contribution in [0.1, 0.15) is 46.5 Å². The van der Waals surface area contributed by atoms with Crippen LogP contribution in [0.4, 0.5) is 0 Å². The highest BCUT2D eigenvalue weighted by Crippen LogP contribution is 2.10. The van der Waals surface area contributed by atoms with Crippen molar-refractivity contribution in [2.75, 3.05) is 6.54 Å². The fourth-order valence-electron chi connectivity index (χ4n) is 1.44. The van der Waals surface area contributed by atoms with E-state index in [-0.39, 0.29) is 18.0 Å². The second-order valence-corrected chi connectivity index (χ2v) is 3.76. The van der Waals surface area contributed by atoms with Gasteiger partial charge in [-0.3, -0.25) is 4.79 Å². The molecule has 2 N–H and O–H groups in total. The number of nitrogens with two attached hydrogens (primary N) is 1. The first-order valence-corrected chi connectivity index (χ1v) is 5.56. The van der Waals surface area contributed by atoms with Gasteiger partial charge in [-0.1, -0.05) is 26.7 Å². The Bertz CT molecular complexity index is 159. The fourth-order valence-corrected chi connectivity index (χ4v) is 1.44. The zero-order chi connectivity index (χ0) is 11.0. The van der Waals surface area contributed by atoms with E-state index in [0.29, 0.717) is 6.54 Å². The molecule has 14 heavy (non-hydrogen) atoms. The van der Waals surface area contributed by atoms with Gasteiger partial charge in [0.15, 0.2) is 0 Å². The minimum absolute atomic E-state index is 0.0263. The molecular formula is C11H23NO2. The lowest BCUT2D eigenvalue weighted by molar-refractivity contribution is -0.153. The number of esters is 1. The van der Waals surface area contributed by atoms with Crippen LogP contribution in [-0.2, 0) is 9.53 Å². The predicted molar refractivity (Wildman–Crippen MR) is 57.9 cm³/mol. The van der Waals surface area contributed by atoms with Gasteiger partial charge in [0.05, 0.1) is 12.0 Å². The molecule has 3 nitrogen and oxygen atoms in total. The molecule has 0 radical (unpaired) electrons. The Morgan fingerprint density at radius 3 is 2.29 bits per heavy atom. The summed E-state index contributed by atoms with van der Waals surface area (Å²) in [6.45, 7) is 6.45. The van der Waals surface area contributed by atoms with Gasteiger partial charge in [0.25, 0.3) is 0 Å². The molecule has 0 aliphatic heterocycles. The molecule has 3 heteroatoms. The normalized spacial score (nSPS) is 14.9. The van der Waals surface area contributed by atoms with Crippen molar-refractivity contribution in [3.63, 3.8) is 0 Å². The lowest BCUT2D eigenvalue weighted by atomic mass is 10.0. The van der Waals surface area contributed by atoms with Crippen LogP contribution in [0.3, 0.4) is 0 Å². The van der Waals surface area contributed by atoms with Gasteiger partial charge in [-0.05, 0) is 19.8 Å². The average molecular weight is 201 g/mol. The van der Waals surface area contributed by atoms with Crippen LogP contribution in [-0.4, -0.2) is 18.6 Å². The van der Waals surface area contributed by atoms with E-state index in [1.165, 1.54) is 0 Å². The lowest BCUT2D eigenvalue weighted by Gasteiger charge is -2.17. The third-order valence-electron chi connectivity index (χ3n) is 2.27. The molecule has 0 aromatic heterocycles. The fraction of sp³-hybridized carbons (Fsp3) is 0.909. The smallest absolute Gasteiger partial charge is 0.310 e. The Hall–Kier alpha value is -0.570. The molecule has 0 saturated heterocycles. The van der Waals surface area contributed by atoms with E-state index in [0.717, 1.165) is 25.7 Å². The highest BCUT2D eigenvalue weighted by atomic mass is 16.5. The van der Waals surface area contributed by atoms with Gasteiger partial charge in [-0.2, -0.15) is 0 Å². The molecule has 0 rings (SSSR count). The average Bonchev–Trinajstić information content (AvgIpc) is 2.14. The van der Waals surface area contributed by atoms with E-state index in [1.807, 2.05) is 13.8 Å². The maximum atomic E-state index is 11.5. The summed E-state index contributed by atoms with van der Waals surface area (Å²) in [6, 6.07) is 0. The Balaban J connectivity index is 3.90. The monoisotopic (exact) mass is 201 g/mol. The molecule has 0 fully saturated rings. The van der Waals surface area contributed by atoms with Crippen LogP contribution in [0.25, 0.3) is 0 Å². The molecule has 0 saturated carbocycles. The maximum Gasteiger partial charge on any atom is 0.310 e. The van der Waals surface area contributed by atoms with Crippen LogP contribution < -0.4 is 5.73 Å². The molecule has 2 atom stereocenters. The molecule has 0 aliphatic carbocycles. The number of ether oxygens (including phenoxy) is 1. The van der Waals surface area contributed by atoms with Crippen molar-refractivity contribution in [2.24, 2.45) is 11.7 Å². The SMILES string of the molecule is CCCC(C)OC(=O)C(CN)CCC. The molecule has 0 spiro atoms. The van der Waals surface area contributed by atoms with Crippen LogP contribution >= 0.6 is 0 Å². The minimum atomic E-state index is -0.129. The van der Waals surface area contributed by atoms with Crippen molar-refractivity contribution >= 4 is 5.97 Å². The third kappa shape index (κ3) is 5.22. The van der Waals surface area contributed by atoms with E-state index in [2.05, 4.69) is 6.92 Å². The summed E-state index contributed by atoms with van der Waals surface area (Å²) >= 11 is 0. The molecule has 0 heterocycles. The molecule has 2 unspecified atom stereocenters. The van der Waals surface area contributed by atoms with Gasteiger partial charge >= 0.3 is 5.97 Å². The minimum Gasteiger partial charge on any atom is -0.462 e.